The smallest absolute Gasteiger partial charge is 0.310 e. The predicted octanol–water partition coefficient (Wildman–Crippen LogP) is 2.53. The second-order valence-electron chi connectivity index (χ2n) is 8.44. The first-order chi connectivity index (χ1) is 14.9. The lowest BCUT2D eigenvalue weighted by Gasteiger charge is -2.19. The Balaban J connectivity index is 0.00000289. The van der Waals surface area contributed by atoms with Crippen LogP contribution in [-0.4, -0.2) is 50.9 Å². The van der Waals surface area contributed by atoms with Crippen LogP contribution < -0.4 is 14.4 Å². The fraction of sp³-hybridized carbons (Fsp3) is 0.435. The third-order valence-corrected chi connectivity index (χ3v) is 7.25. The molecule has 2 aromatic rings. The molecule has 2 aliphatic rings. The summed E-state index contributed by atoms with van der Waals surface area (Å²) in [5, 5.41) is 12.6. The third kappa shape index (κ3) is 6.15. The second kappa shape index (κ2) is 10.1. The Bertz CT molecular complexity index is 1030. The lowest BCUT2D eigenvalue weighted by atomic mass is 10.1. The fourth-order valence-corrected chi connectivity index (χ4v) is 5.53. The number of carbonyl (C=O) groups is 1. The van der Waals surface area contributed by atoms with Gasteiger partial charge in [0.2, 0.25) is 5.91 Å². The molecule has 1 saturated carbocycles. The van der Waals surface area contributed by atoms with Crippen LogP contribution in [0.4, 0.5) is 5.69 Å². The van der Waals surface area contributed by atoms with Gasteiger partial charge in [-0.1, -0.05) is 30.3 Å². The van der Waals surface area contributed by atoms with Crippen LogP contribution in [0.3, 0.4) is 0 Å². The Morgan fingerprint density at radius 3 is 2.56 bits per heavy atom. The molecule has 1 heterocycles. The van der Waals surface area contributed by atoms with Crippen LogP contribution in [0.5, 0.6) is 5.75 Å². The monoisotopic (exact) mass is 480 g/mol. The first-order valence-corrected chi connectivity index (χ1v) is 12.2. The first-order valence-electron chi connectivity index (χ1n) is 10.6. The molecule has 174 valence electrons. The van der Waals surface area contributed by atoms with E-state index in [1.165, 1.54) is 0 Å². The Labute approximate surface area is 195 Å². The van der Waals surface area contributed by atoms with Gasteiger partial charge in [0, 0.05) is 25.3 Å². The van der Waals surface area contributed by atoms with Gasteiger partial charge in [0.25, 0.3) is 0 Å². The van der Waals surface area contributed by atoms with Crippen molar-refractivity contribution < 1.29 is 22.5 Å². The summed E-state index contributed by atoms with van der Waals surface area (Å²) in [6.07, 6.45) is 2.24. The lowest BCUT2D eigenvalue weighted by molar-refractivity contribution is -0.125. The number of hydrogen-bond donors (Lipinski definition) is 2. The number of carbonyl (C=O) groups excluding carboxylic acids is 1. The molecule has 7 nitrogen and oxygen atoms in total. The van der Waals surface area contributed by atoms with Gasteiger partial charge in [-0.3, -0.25) is 4.79 Å². The number of aliphatic hydroxyl groups is 1. The SMILES string of the molecule is Cl.O=C(NCCc1cccc(N2CC[C@H](O)C2)c1)C1(CS(=O)(=O)Oc2ccccc2)CC1. The maximum absolute atomic E-state index is 12.7. The summed E-state index contributed by atoms with van der Waals surface area (Å²) in [6, 6.07) is 16.4. The summed E-state index contributed by atoms with van der Waals surface area (Å²) in [6.45, 7) is 1.91. The molecule has 2 fully saturated rings. The number of halogens is 1. The molecule has 1 aliphatic carbocycles. The topological polar surface area (TPSA) is 95.9 Å². The van der Waals surface area contributed by atoms with Crippen molar-refractivity contribution in [1.82, 2.24) is 5.32 Å². The van der Waals surface area contributed by atoms with Crippen LogP contribution >= 0.6 is 12.4 Å². The normalized spacial score (nSPS) is 19.2. The average Bonchev–Trinajstić information content (AvgIpc) is 3.38. The maximum atomic E-state index is 12.7. The van der Waals surface area contributed by atoms with Crippen molar-refractivity contribution in [3.8, 4) is 5.75 Å². The van der Waals surface area contributed by atoms with E-state index >= 15 is 0 Å². The Hall–Kier alpha value is -2.29. The summed E-state index contributed by atoms with van der Waals surface area (Å²) in [5.41, 5.74) is 1.27. The quantitative estimate of drug-likeness (QED) is 0.535. The van der Waals surface area contributed by atoms with Crippen LogP contribution in [0.15, 0.2) is 54.6 Å². The molecule has 1 amide bonds. The summed E-state index contributed by atoms with van der Waals surface area (Å²) >= 11 is 0. The van der Waals surface area contributed by atoms with Crippen LogP contribution in [0.25, 0.3) is 0 Å². The minimum atomic E-state index is -3.86. The van der Waals surface area contributed by atoms with Gasteiger partial charge >= 0.3 is 10.1 Å². The largest absolute Gasteiger partial charge is 0.391 e. The zero-order valence-corrected chi connectivity index (χ0v) is 19.4. The number of anilines is 1. The minimum Gasteiger partial charge on any atom is -0.391 e. The van der Waals surface area contributed by atoms with E-state index in [1.54, 1.807) is 30.3 Å². The molecule has 9 heteroatoms. The lowest BCUT2D eigenvalue weighted by Crippen LogP contribution is -2.38. The van der Waals surface area contributed by atoms with Crippen LogP contribution in [0.2, 0.25) is 0 Å². The molecule has 1 saturated heterocycles. The molecule has 0 bridgehead atoms. The van der Waals surface area contributed by atoms with Crippen molar-refractivity contribution in [3.05, 3.63) is 60.2 Å². The minimum absolute atomic E-state index is 0. The average molecular weight is 481 g/mol. The fourth-order valence-electron chi connectivity index (χ4n) is 3.97. The van der Waals surface area contributed by atoms with E-state index in [4.69, 9.17) is 4.18 Å². The van der Waals surface area contributed by atoms with Gasteiger partial charge in [-0.2, -0.15) is 8.42 Å². The van der Waals surface area contributed by atoms with Crippen molar-refractivity contribution in [3.63, 3.8) is 0 Å². The van der Waals surface area contributed by atoms with E-state index in [-0.39, 0.29) is 35.9 Å². The summed E-state index contributed by atoms with van der Waals surface area (Å²) in [4.78, 5) is 14.8. The van der Waals surface area contributed by atoms with Gasteiger partial charge in [0.15, 0.2) is 0 Å². The molecular weight excluding hydrogens is 452 g/mol. The number of benzene rings is 2. The van der Waals surface area contributed by atoms with E-state index in [1.807, 2.05) is 18.2 Å². The van der Waals surface area contributed by atoms with Gasteiger partial charge in [0.05, 0.1) is 11.5 Å². The van der Waals surface area contributed by atoms with Crippen molar-refractivity contribution in [2.45, 2.75) is 31.8 Å². The van der Waals surface area contributed by atoms with Crippen LogP contribution in [0, 0.1) is 5.41 Å². The number of nitrogens with one attached hydrogen (secondary N) is 1. The standard InChI is InChI=1S/C23H28N2O5S.ClH/c26-20-10-14-25(16-20)19-6-4-5-18(15-19)9-13-24-22(27)23(11-12-23)17-31(28,29)30-21-7-2-1-3-8-21;/h1-8,15,20,26H,9-14,16-17H2,(H,24,27);1H/t20-;/m0./s1. The van der Waals surface area contributed by atoms with Crippen molar-refractivity contribution in [1.29, 1.82) is 0 Å². The van der Waals surface area contributed by atoms with Gasteiger partial charge < -0.3 is 19.5 Å². The van der Waals surface area contributed by atoms with Crippen molar-refractivity contribution in [2.24, 2.45) is 5.41 Å². The predicted molar refractivity (Wildman–Crippen MR) is 126 cm³/mol. The molecule has 2 N–H and O–H groups in total. The number of hydrogen-bond acceptors (Lipinski definition) is 6. The van der Waals surface area contributed by atoms with E-state index in [9.17, 15) is 18.3 Å². The highest BCUT2D eigenvalue weighted by Crippen LogP contribution is 2.47. The zero-order valence-electron chi connectivity index (χ0n) is 17.8. The number of aliphatic hydroxyl groups excluding tert-OH is 1. The van der Waals surface area contributed by atoms with Crippen LogP contribution in [0.1, 0.15) is 24.8 Å². The highest BCUT2D eigenvalue weighted by Gasteiger charge is 2.53. The van der Waals surface area contributed by atoms with Crippen LogP contribution in [-0.2, 0) is 21.3 Å². The van der Waals surface area contributed by atoms with Gasteiger partial charge in [-0.25, -0.2) is 0 Å². The molecule has 1 atom stereocenters. The van der Waals surface area contributed by atoms with Gasteiger partial charge in [-0.05, 0) is 55.5 Å². The molecule has 4 rings (SSSR count). The van der Waals surface area contributed by atoms with E-state index < -0.39 is 15.5 Å². The zero-order chi connectivity index (χ0) is 21.9. The Morgan fingerprint density at radius 2 is 1.91 bits per heavy atom. The van der Waals surface area contributed by atoms with Gasteiger partial charge in [0.1, 0.15) is 11.5 Å². The van der Waals surface area contributed by atoms with E-state index in [0.717, 1.165) is 24.2 Å². The Morgan fingerprint density at radius 1 is 1.16 bits per heavy atom. The molecule has 0 radical (unpaired) electrons. The highest BCUT2D eigenvalue weighted by atomic mass is 35.5. The molecule has 2 aromatic carbocycles. The molecular formula is C23H29ClN2O5S. The van der Waals surface area contributed by atoms with E-state index in [0.29, 0.717) is 32.4 Å². The maximum Gasteiger partial charge on any atom is 0.310 e. The number of rotatable bonds is 9. The van der Waals surface area contributed by atoms with Crippen molar-refractivity contribution >= 4 is 34.1 Å². The third-order valence-electron chi connectivity index (χ3n) is 5.89. The number of nitrogens with zero attached hydrogens (tertiary/aromatic N) is 1. The second-order valence-corrected chi connectivity index (χ2v) is 10.0. The molecule has 1 aliphatic heterocycles. The molecule has 0 aromatic heterocycles. The van der Waals surface area contributed by atoms with Gasteiger partial charge in [-0.15, -0.1) is 12.4 Å². The number of β-amino-alcohol motifs (C(OH)–C–C–N with tert-alkyl or cyclic N) is 1. The number of para-hydroxylation sites is 1. The summed E-state index contributed by atoms with van der Waals surface area (Å²) < 4.78 is 30.0. The Kier molecular flexibility index (Phi) is 7.69. The highest BCUT2D eigenvalue weighted by molar-refractivity contribution is 7.87. The number of amides is 1. The molecule has 32 heavy (non-hydrogen) atoms. The van der Waals surface area contributed by atoms with E-state index in [2.05, 4.69) is 16.3 Å². The molecule has 0 unspecified atom stereocenters. The summed E-state index contributed by atoms with van der Waals surface area (Å²) in [7, 11) is -3.86. The van der Waals surface area contributed by atoms with Crippen molar-refractivity contribution in [2.75, 3.05) is 30.3 Å². The first kappa shape index (κ1) is 24.4. The molecule has 0 spiro atoms. The summed E-state index contributed by atoms with van der Waals surface area (Å²) in [5.74, 6) is -0.288.